The maximum atomic E-state index is 13.2. The molecule has 0 heterocycles. The third-order valence-electron chi connectivity index (χ3n) is 2.23. The minimum Gasteiger partial charge on any atom is -0.480 e. The van der Waals surface area contributed by atoms with Gasteiger partial charge in [-0.3, -0.25) is 4.79 Å². The number of carbonyl (C=O) groups is 1. The van der Waals surface area contributed by atoms with Crippen molar-refractivity contribution in [2.24, 2.45) is 5.73 Å². The highest BCUT2D eigenvalue weighted by atomic mass is 19.1. The van der Waals surface area contributed by atoms with Crippen LogP contribution in [0.5, 0.6) is 0 Å². The van der Waals surface area contributed by atoms with Crippen molar-refractivity contribution in [2.75, 3.05) is 0 Å². The average molecular weight is 211 g/mol. The highest BCUT2D eigenvalue weighted by Gasteiger charge is 2.16. The van der Waals surface area contributed by atoms with Gasteiger partial charge in [0.2, 0.25) is 0 Å². The molecule has 0 radical (unpaired) electrons. The number of rotatable bonds is 3. The van der Waals surface area contributed by atoms with E-state index in [2.05, 4.69) is 0 Å². The van der Waals surface area contributed by atoms with E-state index in [9.17, 15) is 9.18 Å². The van der Waals surface area contributed by atoms with Gasteiger partial charge in [-0.05, 0) is 29.2 Å². The van der Waals surface area contributed by atoms with Gasteiger partial charge in [-0.25, -0.2) is 4.39 Å². The molecule has 82 valence electrons. The summed E-state index contributed by atoms with van der Waals surface area (Å²) in [6.07, 6.45) is 0. The first-order valence-electron chi connectivity index (χ1n) is 4.70. The Morgan fingerprint density at radius 2 is 1.87 bits per heavy atom. The van der Waals surface area contributed by atoms with Gasteiger partial charge in [-0.2, -0.15) is 0 Å². The summed E-state index contributed by atoms with van der Waals surface area (Å²) in [4.78, 5) is 10.6. The summed E-state index contributed by atoms with van der Waals surface area (Å²) in [6.45, 7) is 3.82. The van der Waals surface area contributed by atoms with Gasteiger partial charge in [0, 0.05) is 0 Å². The average Bonchev–Trinajstić information content (AvgIpc) is 2.15. The molecule has 0 aromatic heterocycles. The van der Waals surface area contributed by atoms with Crippen molar-refractivity contribution in [2.45, 2.75) is 25.8 Å². The Hall–Kier alpha value is -1.42. The van der Waals surface area contributed by atoms with Crippen molar-refractivity contribution >= 4 is 5.97 Å². The summed E-state index contributed by atoms with van der Waals surface area (Å²) in [5.74, 6) is -1.47. The Morgan fingerprint density at radius 1 is 1.33 bits per heavy atom. The third-order valence-corrected chi connectivity index (χ3v) is 2.23. The lowest BCUT2D eigenvalue weighted by Crippen LogP contribution is -2.21. The van der Waals surface area contributed by atoms with E-state index in [1.165, 1.54) is 6.07 Å². The molecule has 0 aliphatic carbocycles. The van der Waals surface area contributed by atoms with Crippen LogP contribution in [-0.2, 0) is 4.79 Å². The molecule has 1 atom stereocenters. The molecule has 0 fully saturated rings. The summed E-state index contributed by atoms with van der Waals surface area (Å²) < 4.78 is 13.2. The Balaban J connectivity index is 3.14. The number of carboxylic acids is 1. The minimum absolute atomic E-state index is 0.139. The monoisotopic (exact) mass is 211 g/mol. The third kappa shape index (κ3) is 2.76. The molecule has 15 heavy (non-hydrogen) atoms. The zero-order valence-corrected chi connectivity index (χ0v) is 8.70. The van der Waals surface area contributed by atoms with Crippen LogP contribution in [0.15, 0.2) is 18.2 Å². The quantitative estimate of drug-likeness (QED) is 0.804. The normalized spacial score (nSPS) is 12.9. The van der Waals surface area contributed by atoms with E-state index >= 15 is 0 Å². The Kier molecular flexibility index (Phi) is 3.42. The molecule has 1 unspecified atom stereocenters. The molecule has 4 heteroatoms. The molecule has 0 saturated carbocycles. The second-order valence-corrected chi connectivity index (χ2v) is 3.79. The van der Waals surface area contributed by atoms with Crippen molar-refractivity contribution in [3.05, 3.63) is 35.1 Å². The van der Waals surface area contributed by atoms with Crippen LogP contribution in [0, 0.1) is 5.82 Å². The predicted octanol–water partition coefficient (Wildman–Crippen LogP) is 2.03. The predicted molar refractivity (Wildman–Crippen MR) is 55.1 cm³/mol. The van der Waals surface area contributed by atoms with E-state index in [1.807, 2.05) is 13.8 Å². The summed E-state index contributed by atoms with van der Waals surface area (Å²) >= 11 is 0. The molecule has 0 bridgehead atoms. The molecular formula is C11H14FNO2. The van der Waals surface area contributed by atoms with Crippen LogP contribution in [0.1, 0.15) is 36.9 Å². The molecule has 0 saturated heterocycles. The lowest BCUT2D eigenvalue weighted by atomic mass is 9.98. The number of hydrogen-bond acceptors (Lipinski definition) is 2. The van der Waals surface area contributed by atoms with Crippen LogP contribution >= 0.6 is 0 Å². The second-order valence-electron chi connectivity index (χ2n) is 3.79. The first-order chi connectivity index (χ1) is 6.91. The smallest absolute Gasteiger partial charge is 0.325 e. The van der Waals surface area contributed by atoms with Gasteiger partial charge in [0.15, 0.2) is 0 Å². The van der Waals surface area contributed by atoms with Gasteiger partial charge in [0.05, 0.1) is 0 Å². The first-order valence-corrected chi connectivity index (χ1v) is 4.70. The van der Waals surface area contributed by atoms with Crippen molar-refractivity contribution < 1.29 is 14.3 Å². The van der Waals surface area contributed by atoms with Gasteiger partial charge in [0.25, 0.3) is 0 Å². The molecule has 0 aliphatic heterocycles. The Morgan fingerprint density at radius 3 is 2.33 bits per heavy atom. The number of hydrogen-bond donors (Lipinski definition) is 2. The van der Waals surface area contributed by atoms with Crippen LogP contribution < -0.4 is 5.73 Å². The standard InChI is InChI=1S/C11H14FNO2/c1-6(2)7-3-8(5-9(12)4-7)10(13)11(14)15/h3-6,10H,13H2,1-2H3,(H,14,15). The maximum absolute atomic E-state index is 13.2. The van der Waals surface area contributed by atoms with E-state index in [4.69, 9.17) is 10.8 Å². The van der Waals surface area contributed by atoms with Crippen molar-refractivity contribution in [1.29, 1.82) is 0 Å². The Labute approximate surface area is 87.7 Å². The van der Waals surface area contributed by atoms with E-state index in [1.54, 1.807) is 6.07 Å². The van der Waals surface area contributed by atoms with E-state index in [0.717, 1.165) is 11.6 Å². The largest absolute Gasteiger partial charge is 0.480 e. The lowest BCUT2D eigenvalue weighted by molar-refractivity contribution is -0.138. The van der Waals surface area contributed by atoms with Gasteiger partial charge < -0.3 is 10.8 Å². The van der Waals surface area contributed by atoms with Gasteiger partial charge in [0.1, 0.15) is 11.9 Å². The van der Waals surface area contributed by atoms with Gasteiger partial charge in [-0.15, -0.1) is 0 Å². The van der Waals surface area contributed by atoms with Crippen molar-refractivity contribution in [3.63, 3.8) is 0 Å². The van der Waals surface area contributed by atoms with Crippen LogP contribution in [0.2, 0.25) is 0 Å². The van der Waals surface area contributed by atoms with Gasteiger partial charge >= 0.3 is 5.97 Å². The Bertz CT molecular complexity index is 377. The van der Waals surface area contributed by atoms with E-state index in [0.29, 0.717) is 5.56 Å². The summed E-state index contributed by atoms with van der Waals surface area (Å²) in [5, 5.41) is 8.71. The maximum Gasteiger partial charge on any atom is 0.325 e. The van der Waals surface area contributed by atoms with Crippen LogP contribution in [0.25, 0.3) is 0 Å². The minimum atomic E-state index is -1.17. The SMILES string of the molecule is CC(C)c1cc(F)cc(C(N)C(=O)O)c1. The van der Waals surface area contributed by atoms with Crippen LogP contribution in [-0.4, -0.2) is 11.1 Å². The molecule has 1 aromatic rings. The number of nitrogens with two attached hydrogens (primary N) is 1. The fourth-order valence-corrected chi connectivity index (χ4v) is 1.29. The lowest BCUT2D eigenvalue weighted by Gasteiger charge is -2.11. The number of carboxylic acid groups (broad SMARTS) is 1. The zero-order valence-electron chi connectivity index (χ0n) is 8.70. The molecule has 1 rings (SSSR count). The number of benzene rings is 1. The van der Waals surface area contributed by atoms with E-state index < -0.39 is 17.8 Å². The van der Waals surface area contributed by atoms with Crippen LogP contribution in [0.4, 0.5) is 4.39 Å². The summed E-state index contributed by atoms with van der Waals surface area (Å²) in [5.41, 5.74) is 6.46. The molecule has 1 aromatic carbocycles. The topological polar surface area (TPSA) is 63.3 Å². The second kappa shape index (κ2) is 4.40. The van der Waals surface area contributed by atoms with Crippen molar-refractivity contribution in [3.8, 4) is 0 Å². The molecule has 0 aliphatic rings. The van der Waals surface area contributed by atoms with Crippen molar-refractivity contribution in [1.82, 2.24) is 0 Å². The van der Waals surface area contributed by atoms with E-state index in [-0.39, 0.29) is 5.92 Å². The highest BCUT2D eigenvalue weighted by Crippen LogP contribution is 2.21. The molecule has 0 amide bonds. The number of halogens is 1. The molecule has 0 spiro atoms. The molecule has 3 N–H and O–H groups in total. The molecular weight excluding hydrogens is 197 g/mol. The summed E-state index contributed by atoms with van der Waals surface area (Å²) in [6, 6.07) is 3.01. The van der Waals surface area contributed by atoms with Gasteiger partial charge in [-0.1, -0.05) is 19.9 Å². The summed E-state index contributed by atoms with van der Waals surface area (Å²) in [7, 11) is 0. The first kappa shape index (κ1) is 11.7. The fourth-order valence-electron chi connectivity index (χ4n) is 1.29. The highest BCUT2D eigenvalue weighted by molar-refractivity contribution is 5.75. The zero-order chi connectivity index (χ0) is 11.6. The fraction of sp³-hybridized carbons (Fsp3) is 0.364. The van der Waals surface area contributed by atoms with Crippen LogP contribution in [0.3, 0.4) is 0 Å². The molecule has 3 nitrogen and oxygen atoms in total. The number of aliphatic carboxylic acids is 1.